The van der Waals surface area contributed by atoms with E-state index in [0.29, 0.717) is 18.0 Å². The van der Waals surface area contributed by atoms with Gasteiger partial charge in [-0.1, -0.05) is 6.07 Å². The summed E-state index contributed by atoms with van der Waals surface area (Å²) in [7, 11) is 0. The largest absolute Gasteiger partial charge is 0.483 e. The smallest absolute Gasteiger partial charge is 0.258 e. The number of thiophene rings is 1. The third kappa shape index (κ3) is 3.14. The Morgan fingerprint density at radius 1 is 1.25 bits per heavy atom. The molecule has 0 saturated heterocycles. The molecule has 28 heavy (non-hydrogen) atoms. The lowest BCUT2D eigenvalue weighted by Crippen LogP contribution is -2.28. The fourth-order valence-corrected chi connectivity index (χ4v) is 4.99. The van der Waals surface area contributed by atoms with Crippen molar-refractivity contribution >= 4 is 48.9 Å². The number of ether oxygens (including phenoxy) is 3. The second-order valence-electron chi connectivity index (χ2n) is 6.37. The summed E-state index contributed by atoms with van der Waals surface area (Å²) in [4.78, 5) is 16.9. The Labute approximate surface area is 168 Å². The van der Waals surface area contributed by atoms with Crippen molar-refractivity contribution < 1.29 is 19.0 Å². The standard InChI is InChI=1S/C20H16N2O4S2/c1-11-22-19-17(28-11)7-15(13-4-5-27-20(13)19)24-9-18(23)21-8-12-2-3-14-16(6-12)26-10-25-14/h2-7H,8-10H2,1H3,(H,21,23). The molecular formula is C20H16N2O4S2. The summed E-state index contributed by atoms with van der Waals surface area (Å²) in [6.45, 7) is 2.59. The molecule has 1 N–H and O–H groups in total. The highest BCUT2D eigenvalue weighted by Gasteiger charge is 2.15. The number of benzene rings is 2. The molecule has 3 heterocycles. The average Bonchev–Trinajstić information content (AvgIpc) is 3.41. The Bertz CT molecular complexity index is 1200. The van der Waals surface area contributed by atoms with Gasteiger partial charge in [-0.3, -0.25) is 4.79 Å². The van der Waals surface area contributed by atoms with Crippen LogP contribution in [0.3, 0.4) is 0 Å². The van der Waals surface area contributed by atoms with E-state index in [0.717, 1.165) is 36.6 Å². The lowest BCUT2D eigenvalue weighted by Gasteiger charge is -2.09. The van der Waals surface area contributed by atoms with Gasteiger partial charge in [0.1, 0.15) is 5.75 Å². The van der Waals surface area contributed by atoms with Crippen LogP contribution in [0.4, 0.5) is 0 Å². The van der Waals surface area contributed by atoms with E-state index in [9.17, 15) is 4.79 Å². The average molecular weight is 412 g/mol. The maximum absolute atomic E-state index is 12.3. The summed E-state index contributed by atoms with van der Waals surface area (Å²) in [6, 6.07) is 9.61. The van der Waals surface area contributed by atoms with Crippen molar-refractivity contribution in [2.75, 3.05) is 13.4 Å². The normalized spacial score (nSPS) is 12.6. The number of aromatic nitrogens is 1. The van der Waals surface area contributed by atoms with Gasteiger partial charge in [0.05, 0.1) is 19.9 Å². The van der Waals surface area contributed by atoms with Gasteiger partial charge >= 0.3 is 0 Å². The lowest BCUT2D eigenvalue weighted by molar-refractivity contribution is -0.123. The van der Waals surface area contributed by atoms with Gasteiger partial charge in [-0.05, 0) is 36.1 Å². The Morgan fingerprint density at radius 3 is 3.07 bits per heavy atom. The van der Waals surface area contributed by atoms with Gasteiger partial charge in [-0.25, -0.2) is 4.98 Å². The van der Waals surface area contributed by atoms with Crippen molar-refractivity contribution in [1.82, 2.24) is 10.3 Å². The van der Waals surface area contributed by atoms with E-state index in [2.05, 4.69) is 10.3 Å². The maximum atomic E-state index is 12.3. The number of nitrogens with one attached hydrogen (secondary N) is 1. The maximum Gasteiger partial charge on any atom is 0.258 e. The number of carbonyl (C=O) groups is 1. The summed E-state index contributed by atoms with van der Waals surface area (Å²) in [5, 5.41) is 6.90. The van der Waals surface area contributed by atoms with Gasteiger partial charge in [-0.15, -0.1) is 22.7 Å². The predicted molar refractivity (Wildman–Crippen MR) is 110 cm³/mol. The predicted octanol–water partition coefficient (Wildman–Crippen LogP) is 4.24. The second-order valence-corrected chi connectivity index (χ2v) is 8.52. The molecule has 6 nitrogen and oxygen atoms in total. The number of carbonyl (C=O) groups excluding carboxylic acids is 1. The summed E-state index contributed by atoms with van der Waals surface area (Å²) >= 11 is 3.27. The number of fused-ring (bicyclic) bond motifs is 4. The number of nitrogens with zero attached hydrogens (tertiary/aromatic N) is 1. The number of aryl methyl sites for hydroxylation is 1. The molecule has 5 rings (SSSR count). The monoisotopic (exact) mass is 412 g/mol. The van der Waals surface area contributed by atoms with E-state index in [1.807, 2.05) is 42.6 Å². The zero-order chi connectivity index (χ0) is 19.1. The fourth-order valence-electron chi connectivity index (χ4n) is 3.15. The molecule has 0 atom stereocenters. The van der Waals surface area contributed by atoms with Crippen molar-refractivity contribution in [1.29, 1.82) is 0 Å². The summed E-state index contributed by atoms with van der Waals surface area (Å²) in [5.74, 6) is 1.97. The van der Waals surface area contributed by atoms with Crippen LogP contribution in [0.1, 0.15) is 10.6 Å². The molecule has 1 aliphatic heterocycles. The number of hydrogen-bond acceptors (Lipinski definition) is 7. The SMILES string of the molecule is Cc1nc2c(cc(OCC(=O)NCc3ccc4c(c3)OCO4)c3ccsc32)s1. The third-order valence-electron chi connectivity index (χ3n) is 4.45. The quantitative estimate of drug-likeness (QED) is 0.531. The molecule has 0 aliphatic carbocycles. The van der Waals surface area contributed by atoms with E-state index in [1.165, 1.54) is 0 Å². The van der Waals surface area contributed by atoms with Crippen LogP contribution in [0, 0.1) is 6.92 Å². The molecule has 8 heteroatoms. The lowest BCUT2D eigenvalue weighted by atomic mass is 10.2. The van der Waals surface area contributed by atoms with E-state index < -0.39 is 0 Å². The molecule has 2 aromatic heterocycles. The van der Waals surface area contributed by atoms with Crippen molar-refractivity contribution in [3.63, 3.8) is 0 Å². The second kappa shape index (κ2) is 6.96. The minimum atomic E-state index is -0.179. The Balaban J connectivity index is 1.26. The first-order valence-electron chi connectivity index (χ1n) is 8.73. The molecule has 2 aromatic carbocycles. The zero-order valence-electron chi connectivity index (χ0n) is 15.0. The van der Waals surface area contributed by atoms with E-state index in [1.54, 1.807) is 22.7 Å². The number of hydrogen-bond donors (Lipinski definition) is 1. The minimum Gasteiger partial charge on any atom is -0.483 e. The highest BCUT2D eigenvalue weighted by molar-refractivity contribution is 7.21. The van der Waals surface area contributed by atoms with Gasteiger partial charge < -0.3 is 19.5 Å². The van der Waals surface area contributed by atoms with Crippen LogP contribution in [0.15, 0.2) is 35.7 Å². The van der Waals surface area contributed by atoms with Gasteiger partial charge in [0.15, 0.2) is 18.1 Å². The third-order valence-corrected chi connectivity index (χ3v) is 6.29. The molecule has 0 radical (unpaired) electrons. The molecule has 4 aromatic rings. The van der Waals surface area contributed by atoms with E-state index in [-0.39, 0.29) is 19.3 Å². The van der Waals surface area contributed by atoms with Crippen LogP contribution in [0.25, 0.3) is 20.3 Å². The van der Waals surface area contributed by atoms with E-state index in [4.69, 9.17) is 14.2 Å². The highest BCUT2D eigenvalue weighted by Crippen LogP contribution is 2.38. The molecule has 0 fully saturated rings. The van der Waals surface area contributed by atoms with Crippen molar-refractivity contribution in [2.45, 2.75) is 13.5 Å². The zero-order valence-corrected chi connectivity index (χ0v) is 16.6. The van der Waals surface area contributed by atoms with Crippen molar-refractivity contribution in [2.24, 2.45) is 0 Å². The molecule has 0 spiro atoms. The first-order chi connectivity index (χ1) is 13.7. The Kier molecular flexibility index (Phi) is 4.29. The number of amides is 1. The Morgan fingerprint density at radius 2 is 2.14 bits per heavy atom. The summed E-state index contributed by atoms with van der Waals surface area (Å²) in [5.41, 5.74) is 1.95. The molecule has 1 amide bonds. The number of rotatable bonds is 5. The molecule has 1 aliphatic rings. The van der Waals surface area contributed by atoms with Gasteiger partial charge in [0, 0.05) is 18.0 Å². The van der Waals surface area contributed by atoms with Crippen LogP contribution < -0.4 is 19.5 Å². The topological polar surface area (TPSA) is 69.7 Å². The first kappa shape index (κ1) is 17.3. The number of thiazole rings is 1. The first-order valence-corrected chi connectivity index (χ1v) is 10.4. The Hall–Kier alpha value is -2.84. The van der Waals surface area contributed by atoms with Crippen molar-refractivity contribution in [3.8, 4) is 17.2 Å². The summed E-state index contributed by atoms with van der Waals surface area (Å²) < 4.78 is 18.7. The van der Waals surface area contributed by atoms with E-state index >= 15 is 0 Å². The minimum absolute atomic E-state index is 0.0429. The highest BCUT2D eigenvalue weighted by atomic mass is 32.1. The van der Waals surface area contributed by atoms with Crippen molar-refractivity contribution in [3.05, 3.63) is 46.3 Å². The molecule has 142 valence electrons. The van der Waals surface area contributed by atoms with Gasteiger partial charge in [0.25, 0.3) is 5.91 Å². The summed E-state index contributed by atoms with van der Waals surface area (Å²) in [6.07, 6.45) is 0. The van der Waals surface area contributed by atoms with Crippen LogP contribution in [0.5, 0.6) is 17.2 Å². The molecule has 0 saturated carbocycles. The van der Waals surface area contributed by atoms with Gasteiger partial charge in [-0.2, -0.15) is 0 Å². The van der Waals surface area contributed by atoms with Crippen LogP contribution >= 0.6 is 22.7 Å². The van der Waals surface area contributed by atoms with Crippen LogP contribution in [0.2, 0.25) is 0 Å². The van der Waals surface area contributed by atoms with Gasteiger partial charge in [0.2, 0.25) is 6.79 Å². The van der Waals surface area contributed by atoms with Crippen LogP contribution in [-0.2, 0) is 11.3 Å². The molecule has 0 bridgehead atoms. The molecular weight excluding hydrogens is 396 g/mol. The van der Waals surface area contributed by atoms with Crippen LogP contribution in [-0.4, -0.2) is 24.3 Å². The molecule has 0 unspecified atom stereocenters. The fraction of sp³-hybridized carbons (Fsp3) is 0.200.